The Labute approximate surface area is 193 Å². The van der Waals surface area contributed by atoms with E-state index in [1.807, 2.05) is 0 Å². The number of aryl methyl sites for hydroxylation is 1. The lowest BCUT2D eigenvalue weighted by Gasteiger charge is -2.12. The van der Waals surface area contributed by atoms with Crippen LogP contribution in [0.2, 0.25) is 5.02 Å². The lowest BCUT2D eigenvalue weighted by Crippen LogP contribution is -2.39. The van der Waals surface area contributed by atoms with Gasteiger partial charge in [-0.1, -0.05) is 23.7 Å². The molecule has 0 bridgehead atoms. The lowest BCUT2D eigenvalue weighted by molar-refractivity contribution is 0.0946. The van der Waals surface area contributed by atoms with Crippen LogP contribution in [0, 0.1) is 0 Å². The zero-order valence-electron chi connectivity index (χ0n) is 17.9. The van der Waals surface area contributed by atoms with E-state index in [-0.39, 0.29) is 24.2 Å². The Morgan fingerprint density at radius 1 is 1.12 bits per heavy atom. The van der Waals surface area contributed by atoms with Crippen molar-refractivity contribution in [1.29, 1.82) is 0 Å². The molecule has 10 heteroatoms. The number of nitrogens with zero attached hydrogens (tertiary/aromatic N) is 4. The molecule has 1 aromatic carbocycles. The smallest absolute Gasteiger partial charge is 0.331 e. The van der Waals surface area contributed by atoms with Crippen molar-refractivity contribution in [2.75, 3.05) is 7.11 Å². The number of hydrogen-bond donors (Lipinski definition) is 1. The van der Waals surface area contributed by atoms with E-state index in [0.29, 0.717) is 22.0 Å². The third-order valence-electron chi connectivity index (χ3n) is 5.16. The Morgan fingerprint density at radius 2 is 1.94 bits per heavy atom. The third-order valence-corrected chi connectivity index (χ3v) is 5.40. The molecule has 0 aliphatic heterocycles. The number of carbonyl (C=O) groups is 1. The molecule has 3 heterocycles. The van der Waals surface area contributed by atoms with Crippen molar-refractivity contribution in [3.63, 3.8) is 0 Å². The number of rotatable bonds is 6. The minimum absolute atomic E-state index is 0.0513. The van der Waals surface area contributed by atoms with Crippen molar-refractivity contribution >= 4 is 28.4 Å². The van der Waals surface area contributed by atoms with Gasteiger partial charge in [-0.15, -0.1) is 0 Å². The first-order valence-electron chi connectivity index (χ1n) is 9.98. The first kappa shape index (κ1) is 22.2. The highest BCUT2D eigenvalue weighted by atomic mass is 35.5. The Morgan fingerprint density at radius 3 is 2.70 bits per heavy atom. The number of halogens is 1. The van der Waals surface area contributed by atoms with Crippen LogP contribution >= 0.6 is 11.6 Å². The van der Waals surface area contributed by atoms with Gasteiger partial charge in [-0.3, -0.25) is 18.7 Å². The summed E-state index contributed by atoms with van der Waals surface area (Å²) in [6, 6.07) is 11.8. The highest BCUT2D eigenvalue weighted by Crippen LogP contribution is 2.13. The van der Waals surface area contributed by atoms with Gasteiger partial charge in [0, 0.05) is 30.9 Å². The Kier molecular flexibility index (Phi) is 6.23. The molecule has 3 aromatic heterocycles. The molecule has 0 fully saturated rings. The summed E-state index contributed by atoms with van der Waals surface area (Å²) in [4.78, 5) is 46.8. The van der Waals surface area contributed by atoms with Crippen LogP contribution in [0.15, 0.2) is 64.4 Å². The number of hydrogen-bond acceptors (Lipinski definition) is 6. The minimum Gasteiger partial charge on any atom is -0.481 e. The quantitative estimate of drug-likeness (QED) is 0.467. The number of methoxy groups -OCH3 is 1. The molecule has 0 saturated carbocycles. The van der Waals surface area contributed by atoms with Gasteiger partial charge < -0.3 is 10.1 Å². The van der Waals surface area contributed by atoms with E-state index in [4.69, 9.17) is 16.3 Å². The molecule has 1 amide bonds. The second kappa shape index (κ2) is 9.25. The van der Waals surface area contributed by atoms with Gasteiger partial charge in [-0.2, -0.15) is 0 Å². The summed E-state index contributed by atoms with van der Waals surface area (Å²) in [6.07, 6.45) is 2.93. The highest BCUT2D eigenvalue weighted by molar-refractivity contribution is 6.30. The van der Waals surface area contributed by atoms with Crippen LogP contribution in [0.25, 0.3) is 10.9 Å². The van der Waals surface area contributed by atoms with Gasteiger partial charge in [-0.05, 0) is 35.4 Å². The van der Waals surface area contributed by atoms with Crippen LogP contribution in [-0.4, -0.2) is 32.1 Å². The fourth-order valence-corrected chi connectivity index (χ4v) is 3.64. The van der Waals surface area contributed by atoms with Gasteiger partial charge in [0.15, 0.2) is 0 Å². The van der Waals surface area contributed by atoms with Crippen LogP contribution < -0.4 is 21.3 Å². The lowest BCUT2D eigenvalue weighted by atomic mass is 10.2. The standard InChI is InChI=1S/C23H20ClN5O4/c1-28-19-12-26-18(21(30)27-11-14-6-7-25-20(9-14)33-2)10-17(19)22(31)29(23(28)32)13-15-4-3-5-16(24)8-15/h3-10,12H,11,13H2,1-2H3,(H,27,30). The summed E-state index contributed by atoms with van der Waals surface area (Å²) < 4.78 is 7.52. The van der Waals surface area contributed by atoms with E-state index in [9.17, 15) is 14.4 Å². The number of carbonyl (C=O) groups excluding carboxylic acids is 1. The monoisotopic (exact) mass is 465 g/mol. The maximum Gasteiger partial charge on any atom is 0.331 e. The van der Waals surface area contributed by atoms with Crippen molar-refractivity contribution < 1.29 is 9.53 Å². The van der Waals surface area contributed by atoms with E-state index in [2.05, 4.69) is 15.3 Å². The SMILES string of the molecule is COc1cc(CNC(=O)c2cc3c(=O)n(Cc4cccc(Cl)c4)c(=O)n(C)c3cn2)ccn1. The maximum absolute atomic E-state index is 13.2. The molecule has 1 N–H and O–H groups in total. The van der Waals surface area contributed by atoms with Gasteiger partial charge in [0.25, 0.3) is 11.5 Å². The predicted molar refractivity (Wildman–Crippen MR) is 124 cm³/mol. The second-order valence-electron chi connectivity index (χ2n) is 7.34. The number of benzene rings is 1. The molecule has 0 aliphatic carbocycles. The van der Waals surface area contributed by atoms with Gasteiger partial charge in [0.05, 0.1) is 30.8 Å². The normalized spacial score (nSPS) is 10.9. The fourth-order valence-electron chi connectivity index (χ4n) is 3.43. The number of pyridine rings is 2. The van der Waals surface area contributed by atoms with Crippen LogP contribution in [-0.2, 0) is 20.1 Å². The average Bonchev–Trinajstić information content (AvgIpc) is 2.83. The highest BCUT2D eigenvalue weighted by Gasteiger charge is 2.15. The van der Waals surface area contributed by atoms with Gasteiger partial charge in [0.2, 0.25) is 5.88 Å². The second-order valence-corrected chi connectivity index (χ2v) is 7.78. The Bertz CT molecular complexity index is 1480. The van der Waals surface area contributed by atoms with E-state index in [1.165, 1.54) is 23.9 Å². The van der Waals surface area contributed by atoms with E-state index in [0.717, 1.165) is 10.1 Å². The van der Waals surface area contributed by atoms with Crippen LogP contribution in [0.5, 0.6) is 5.88 Å². The zero-order chi connectivity index (χ0) is 23.5. The predicted octanol–water partition coefficient (Wildman–Crippen LogP) is 2.13. The summed E-state index contributed by atoms with van der Waals surface area (Å²) in [5.41, 5.74) is 0.904. The summed E-state index contributed by atoms with van der Waals surface area (Å²) >= 11 is 6.03. The summed E-state index contributed by atoms with van der Waals surface area (Å²) in [5.74, 6) is -0.0194. The van der Waals surface area contributed by atoms with Crippen LogP contribution in [0.4, 0.5) is 0 Å². The maximum atomic E-state index is 13.2. The summed E-state index contributed by atoms with van der Waals surface area (Å²) in [5, 5.41) is 3.48. The number of nitrogens with one attached hydrogen (secondary N) is 1. The molecule has 4 rings (SSSR count). The van der Waals surface area contributed by atoms with Crippen molar-refractivity contribution in [2.45, 2.75) is 13.1 Å². The molecular weight excluding hydrogens is 446 g/mol. The Balaban J connectivity index is 1.66. The molecule has 33 heavy (non-hydrogen) atoms. The molecule has 0 spiro atoms. The van der Waals surface area contributed by atoms with Crippen molar-refractivity contribution in [3.05, 3.63) is 97.5 Å². The zero-order valence-corrected chi connectivity index (χ0v) is 18.7. The van der Waals surface area contributed by atoms with Crippen LogP contribution in [0.1, 0.15) is 21.6 Å². The molecule has 0 atom stereocenters. The summed E-state index contributed by atoms with van der Waals surface area (Å²) in [6.45, 7) is 0.277. The molecule has 0 saturated heterocycles. The number of ether oxygens (including phenoxy) is 1. The van der Waals surface area contributed by atoms with Crippen molar-refractivity contribution in [3.8, 4) is 5.88 Å². The molecule has 0 radical (unpaired) electrons. The topological polar surface area (TPSA) is 108 Å². The van der Waals surface area contributed by atoms with Gasteiger partial charge in [-0.25, -0.2) is 14.8 Å². The third kappa shape index (κ3) is 4.63. The molecule has 9 nitrogen and oxygen atoms in total. The fraction of sp³-hybridized carbons (Fsp3) is 0.174. The van der Waals surface area contributed by atoms with E-state index in [1.54, 1.807) is 49.6 Å². The first-order chi connectivity index (χ1) is 15.9. The van der Waals surface area contributed by atoms with Gasteiger partial charge >= 0.3 is 5.69 Å². The minimum atomic E-state index is -0.511. The molecule has 168 valence electrons. The molecule has 0 unspecified atom stereocenters. The van der Waals surface area contributed by atoms with Crippen molar-refractivity contribution in [1.82, 2.24) is 24.4 Å². The average molecular weight is 466 g/mol. The van der Waals surface area contributed by atoms with Crippen LogP contribution in [0.3, 0.4) is 0 Å². The Hall–Kier alpha value is -3.98. The molecule has 4 aromatic rings. The van der Waals surface area contributed by atoms with E-state index >= 15 is 0 Å². The number of fused-ring (bicyclic) bond motifs is 1. The van der Waals surface area contributed by atoms with Crippen molar-refractivity contribution in [2.24, 2.45) is 7.05 Å². The largest absolute Gasteiger partial charge is 0.481 e. The number of aromatic nitrogens is 4. The van der Waals surface area contributed by atoms with E-state index < -0.39 is 17.2 Å². The number of amides is 1. The summed E-state index contributed by atoms with van der Waals surface area (Å²) in [7, 11) is 3.06. The first-order valence-corrected chi connectivity index (χ1v) is 10.4. The molecule has 0 aliphatic rings. The van der Waals surface area contributed by atoms with Gasteiger partial charge in [0.1, 0.15) is 5.69 Å². The molecular formula is C23H20ClN5O4.